The van der Waals surface area contributed by atoms with Crippen molar-refractivity contribution in [3.8, 4) is 34.0 Å². The third-order valence-corrected chi connectivity index (χ3v) is 7.80. The van der Waals surface area contributed by atoms with Crippen molar-refractivity contribution in [2.45, 2.75) is 70.4 Å². The molecular weight excluding hydrogens is 518 g/mol. The van der Waals surface area contributed by atoms with Gasteiger partial charge in [0.15, 0.2) is 0 Å². The van der Waals surface area contributed by atoms with Crippen LogP contribution in [0.15, 0.2) is 72.8 Å². The summed E-state index contributed by atoms with van der Waals surface area (Å²) in [6, 6.07) is 23.1. The normalized spacial score (nSPS) is 14.4. The number of aromatic amines is 1. The molecule has 1 heterocycles. The quantitative estimate of drug-likeness (QED) is 0.214. The maximum absolute atomic E-state index is 13.4. The molecule has 212 valence electrons. The van der Waals surface area contributed by atoms with Crippen LogP contribution in [0, 0.1) is 0 Å². The number of carboxylic acid groups (broad SMARTS) is 1. The smallest absolute Gasteiger partial charge is 0.329 e. The van der Waals surface area contributed by atoms with Gasteiger partial charge in [0.25, 0.3) is 0 Å². The van der Waals surface area contributed by atoms with Gasteiger partial charge in [-0.15, -0.1) is 10.2 Å². The van der Waals surface area contributed by atoms with Crippen molar-refractivity contribution in [3.05, 3.63) is 78.4 Å². The number of amides is 1. The molecule has 0 atom stereocenters. The lowest BCUT2D eigenvalue weighted by Gasteiger charge is -2.43. The molecule has 0 bridgehead atoms. The Morgan fingerprint density at radius 2 is 1.71 bits per heavy atom. The SMILES string of the molecule is CCCCC(=O)N(Cc1ccc(-c2cc(Oc3ccccc3)ccc2-c2nn[nH]n2)cc1)C1(C(=O)O)CCCCC1. The van der Waals surface area contributed by atoms with Crippen LogP contribution in [-0.2, 0) is 16.1 Å². The second-order valence-electron chi connectivity index (χ2n) is 10.5. The third-order valence-electron chi connectivity index (χ3n) is 7.80. The van der Waals surface area contributed by atoms with Crippen LogP contribution in [-0.4, -0.2) is 48.0 Å². The van der Waals surface area contributed by atoms with Gasteiger partial charge in [-0.1, -0.05) is 75.1 Å². The van der Waals surface area contributed by atoms with E-state index in [4.69, 9.17) is 4.74 Å². The number of aromatic nitrogens is 4. The molecule has 0 radical (unpaired) electrons. The lowest BCUT2D eigenvalue weighted by atomic mass is 9.79. The number of unbranched alkanes of at least 4 members (excludes halogenated alkanes) is 1. The number of hydrogen-bond donors (Lipinski definition) is 2. The number of nitrogens with zero attached hydrogens (tertiary/aromatic N) is 4. The first kappa shape index (κ1) is 28.0. The highest BCUT2D eigenvalue weighted by Gasteiger charge is 2.46. The van der Waals surface area contributed by atoms with Crippen LogP contribution >= 0.6 is 0 Å². The lowest BCUT2D eigenvalue weighted by Crippen LogP contribution is -2.57. The van der Waals surface area contributed by atoms with Gasteiger partial charge in [-0.2, -0.15) is 5.21 Å². The van der Waals surface area contributed by atoms with Gasteiger partial charge in [0.05, 0.1) is 0 Å². The molecule has 4 aromatic rings. The van der Waals surface area contributed by atoms with Crippen LogP contribution in [0.3, 0.4) is 0 Å². The Labute approximate surface area is 239 Å². The predicted octanol–water partition coefficient (Wildman–Crippen LogP) is 6.63. The molecule has 0 saturated heterocycles. The molecule has 9 heteroatoms. The zero-order chi connectivity index (χ0) is 28.7. The second kappa shape index (κ2) is 12.8. The highest BCUT2D eigenvalue weighted by Crippen LogP contribution is 2.38. The fourth-order valence-electron chi connectivity index (χ4n) is 5.57. The van der Waals surface area contributed by atoms with Crippen molar-refractivity contribution in [1.82, 2.24) is 25.5 Å². The number of benzene rings is 3. The maximum Gasteiger partial charge on any atom is 0.329 e. The summed E-state index contributed by atoms with van der Waals surface area (Å²) in [5, 5.41) is 24.9. The number of rotatable bonds is 11. The summed E-state index contributed by atoms with van der Waals surface area (Å²) in [7, 11) is 0. The molecular formula is C32H35N5O4. The number of tetrazole rings is 1. The van der Waals surface area contributed by atoms with Crippen LogP contribution in [0.25, 0.3) is 22.5 Å². The number of carboxylic acids is 1. The van der Waals surface area contributed by atoms with Crippen molar-refractivity contribution < 1.29 is 19.4 Å². The van der Waals surface area contributed by atoms with E-state index in [-0.39, 0.29) is 12.5 Å². The molecule has 0 aliphatic heterocycles. The van der Waals surface area contributed by atoms with E-state index in [0.717, 1.165) is 60.1 Å². The highest BCUT2D eigenvalue weighted by molar-refractivity contribution is 5.87. The molecule has 0 spiro atoms. The minimum absolute atomic E-state index is 0.0922. The Kier molecular flexibility index (Phi) is 8.72. The fourth-order valence-corrected chi connectivity index (χ4v) is 5.57. The number of carbonyl (C=O) groups is 2. The molecule has 9 nitrogen and oxygen atoms in total. The van der Waals surface area contributed by atoms with E-state index in [0.29, 0.717) is 30.8 Å². The average Bonchev–Trinajstić information content (AvgIpc) is 3.55. The van der Waals surface area contributed by atoms with E-state index in [1.165, 1.54) is 0 Å². The molecule has 1 aliphatic carbocycles. The van der Waals surface area contributed by atoms with Crippen molar-refractivity contribution in [2.24, 2.45) is 0 Å². The van der Waals surface area contributed by atoms with Crippen molar-refractivity contribution in [3.63, 3.8) is 0 Å². The topological polar surface area (TPSA) is 121 Å². The standard InChI is InChI=1S/C32H35N5O4/c1-2-3-12-29(38)37(32(31(39)40)19-8-5-9-20-32)22-23-13-15-24(16-14-23)28-21-26(41-25-10-6-4-7-11-25)17-18-27(28)30-33-35-36-34-30/h4,6-7,10-11,13-18,21H,2-3,5,8-9,12,19-20,22H2,1H3,(H,39,40)(H,33,34,35,36). The molecule has 1 fully saturated rings. The highest BCUT2D eigenvalue weighted by atomic mass is 16.5. The molecule has 41 heavy (non-hydrogen) atoms. The minimum atomic E-state index is -1.16. The summed E-state index contributed by atoms with van der Waals surface area (Å²) in [6.07, 6.45) is 5.56. The van der Waals surface area contributed by atoms with Gasteiger partial charge in [-0.3, -0.25) is 4.79 Å². The van der Waals surface area contributed by atoms with Gasteiger partial charge < -0.3 is 14.7 Å². The van der Waals surface area contributed by atoms with Crippen molar-refractivity contribution in [1.29, 1.82) is 0 Å². The Hall–Kier alpha value is -4.53. The summed E-state index contributed by atoms with van der Waals surface area (Å²) in [5.74, 6) is 0.854. The predicted molar refractivity (Wildman–Crippen MR) is 155 cm³/mol. The Balaban J connectivity index is 1.46. The third kappa shape index (κ3) is 6.29. The van der Waals surface area contributed by atoms with E-state index < -0.39 is 11.5 Å². The molecule has 1 aromatic heterocycles. The Bertz CT molecular complexity index is 1450. The number of nitrogens with one attached hydrogen (secondary N) is 1. The molecule has 1 aliphatic rings. The van der Waals surface area contributed by atoms with Gasteiger partial charge in [0.1, 0.15) is 17.0 Å². The van der Waals surface area contributed by atoms with Crippen LogP contribution in [0.2, 0.25) is 0 Å². The summed E-state index contributed by atoms with van der Waals surface area (Å²) in [5.41, 5.74) is 2.27. The number of carbonyl (C=O) groups excluding carboxylic acids is 1. The van der Waals surface area contributed by atoms with E-state index in [2.05, 4.69) is 20.6 Å². The molecule has 0 unspecified atom stereocenters. The Morgan fingerprint density at radius 1 is 0.951 bits per heavy atom. The summed E-state index contributed by atoms with van der Waals surface area (Å²) < 4.78 is 6.08. The van der Waals surface area contributed by atoms with Gasteiger partial charge in [0, 0.05) is 18.5 Å². The van der Waals surface area contributed by atoms with E-state index >= 15 is 0 Å². The maximum atomic E-state index is 13.4. The number of hydrogen-bond acceptors (Lipinski definition) is 6. The van der Waals surface area contributed by atoms with Gasteiger partial charge >= 0.3 is 5.97 Å². The number of H-pyrrole nitrogens is 1. The fraction of sp³-hybridized carbons (Fsp3) is 0.344. The van der Waals surface area contributed by atoms with Gasteiger partial charge in [-0.05, 0) is 71.5 Å². The first-order valence-corrected chi connectivity index (χ1v) is 14.2. The lowest BCUT2D eigenvalue weighted by molar-refractivity contribution is -0.163. The second-order valence-corrected chi connectivity index (χ2v) is 10.5. The van der Waals surface area contributed by atoms with E-state index in [9.17, 15) is 14.7 Å². The first-order valence-electron chi connectivity index (χ1n) is 14.2. The number of para-hydroxylation sites is 1. The van der Waals surface area contributed by atoms with E-state index in [1.54, 1.807) is 4.90 Å². The number of aliphatic carboxylic acids is 1. The van der Waals surface area contributed by atoms with E-state index in [1.807, 2.05) is 79.7 Å². The van der Waals surface area contributed by atoms with Crippen molar-refractivity contribution in [2.75, 3.05) is 0 Å². The summed E-state index contributed by atoms with van der Waals surface area (Å²) >= 11 is 0. The van der Waals surface area contributed by atoms with Crippen LogP contribution in [0.4, 0.5) is 0 Å². The van der Waals surface area contributed by atoms with Crippen LogP contribution < -0.4 is 4.74 Å². The number of ether oxygens (including phenoxy) is 1. The summed E-state index contributed by atoms with van der Waals surface area (Å²) in [4.78, 5) is 27.6. The average molecular weight is 554 g/mol. The zero-order valence-electron chi connectivity index (χ0n) is 23.3. The van der Waals surface area contributed by atoms with Crippen LogP contribution in [0.5, 0.6) is 11.5 Å². The van der Waals surface area contributed by atoms with Crippen LogP contribution in [0.1, 0.15) is 63.9 Å². The molecule has 1 amide bonds. The molecule has 1 saturated carbocycles. The molecule has 5 rings (SSSR count). The summed E-state index contributed by atoms with van der Waals surface area (Å²) in [6.45, 7) is 2.29. The van der Waals surface area contributed by atoms with Gasteiger partial charge in [0.2, 0.25) is 11.7 Å². The molecule has 3 aromatic carbocycles. The Morgan fingerprint density at radius 3 is 2.37 bits per heavy atom. The van der Waals surface area contributed by atoms with Crippen molar-refractivity contribution >= 4 is 11.9 Å². The van der Waals surface area contributed by atoms with Gasteiger partial charge in [-0.25, -0.2) is 4.79 Å². The largest absolute Gasteiger partial charge is 0.479 e. The molecule has 2 N–H and O–H groups in total. The first-order chi connectivity index (χ1) is 20.0. The zero-order valence-corrected chi connectivity index (χ0v) is 23.3. The minimum Gasteiger partial charge on any atom is -0.479 e. The monoisotopic (exact) mass is 553 g/mol.